The molecule has 0 aliphatic rings. The Hall–Kier alpha value is -4.50. The number of carbonyl (C=O) groups is 2. The number of ether oxygens (including phenoxy) is 2. The molecule has 0 aliphatic carbocycles. The first-order valence-corrected chi connectivity index (χ1v) is 11.1. The Labute approximate surface area is 206 Å². The molecule has 0 amide bonds. The predicted octanol–water partition coefficient (Wildman–Crippen LogP) is 4.62. The van der Waals surface area contributed by atoms with Crippen molar-refractivity contribution < 1.29 is 33.8 Å². The molecule has 0 saturated carbocycles. The zero-order valence-corrected chi connectivity index (χ0v) is 19.7. The van der Waals surface area contributed by atoms with Crippen LogP contribution in [-0.4, -0.2) is 46.0 Å². The van der Waals surface area contributed by atoms with Gasteiger partial charge in [-0.1, -0.05) is 47.6 Å². The lowest BCUT2D eigenvalue weighted by Gasteiger charge is -2.18. The Morgan fingerprint density at radius 1 is 0.972 bits per heavy atom. The molecule has 3 aromatic carbocycles. The number of hydrogen-bond acceptors (Lipinski definition) is 7. The Balaban J connectivity index is 1.84. The number of nitrogens with zero attached hydrogens (tertiary/aromatic N) is 2. The first-order chi connectivity index (χ1) is 17.4. The lowest BCUT2D eigenvalue weighted by molar-refractivity contribution is -0.139. The van der Waals surface area contributed by atoms with E-state index in [0.29, 0.717) is 28.0 Å². The normalized spacial score (nSPS) is 10.8. The molecular weight excluding hydrogens is 464 g/mol. The summed E-state index contributed by atoms with van der Waals surface area (Å²) >= 11 is 0. The molecule has 36 heavy (non-hydrogen) atoms. The van der Waals surface area contributed by atoms with Gasteiger partial charge in [0.2, 0.25) is 5.82 Å². The number of carboxylic acids is 2. The van der Waals surface area contributed by atoms with Crippen molar-refractivity contribution >= 4 is 11.9 Å². The summed E-state index contributed by atoms with van der Waals surface area (Å²) in [4.78, 5) is 27.1. The Bertz CT molecular complexity index is 1400. The minimum atomic E-state index is -1.08. The minimum absolute atomic E-state index is 0.184. The van der Waals surface area contributed by atoms with Crippen LogP contribution in [0.4, 0.5) is 0 Å². The van der Waals surface area contributed by atoms with Gasteiger partial charge in [0.15, 0.2) is 6.61 Å². The van der Waals surface area contributed by atoms with Crippen LogP contribution in [0.5, 0.6) is 5.75 Å². The Kier molecular flexibility index (Phi) is 7.41. The topological polar surface area (TPSA) is 132 Å². The molecule has 1 aromatic heterocycles. The fourth-order valence-corrected chi connectivity index (χ4v) is 4.04. The summed E-state index contributed by atoms with van der Waals surface area (Å²) < 4.78 is 16.3. The summed E-state index contributed by atoms with van der Waals surface area (Å²) in [6.07, 6.45) is -0.184. The number of methoxy groups -OCH3 is 1. The van der Waals surface area contributed by atoms with Crippen molar-refractivity contribution in [2.45, 2.75) is 20.0 Å². The van der Waals surface area contributed by atoms with E-state index in [0.717, 1.165) is 16.7 Å². The minimum Gasteiger partial charge on any atom is -0.482 e. The van der Waals surface area contributed by atoms with Crippen LogP contribution in [0.1, 0.15) is 16.7 Å². The third-order valence-corrected chi connectivity index (χ3v) is 5.61. The summed E-state index contributed by atoms with van der Waals surface area (Å²) in [5, 5.41) is 22.5. The highest BCUT2D eigenvalue weighted by Gasteiger charge is 2.23. The number of rotatable bonds is 10. The van der Waals surface area contributed by atoms with Crippen molar-refractivity contribution in [3.63, 3.8) is 0 Å². The monoisotopic (exact) mass is 488 g/mol. The molecule has 2 N–H and O–H groups in total. The molecule has 184 valence electrons. The van der Waals surface area contributed by atoms with E-state index in [1.807, 2.05) is 43.3 Å². The lowest BCUT2D eigenvalue weighted by Crippen LogP contribution is -2.09. The smallest absolute Gasteiger partial charge is 0.341 e. The van der Waals surface area contributed by atoms with Crippen LogP contribution in [0, 0.1) is 6.92 Å². The van der Waals surface area contributed by atoms with Crippen molar-refractivity contribution in [3.8, 4) is 39.7 Å². The first-order valence-electron chi connectivity index (χ1n) is 11.1. The molecule has 0 fully saturated rings. The van der Waals surface area contributed by atoms with Gasteiger partial charge in [0.25, 0.3) is 5.89 Å². The van der Waals surface area contributed by atoms with Gasteiger partial charge in [-0.05, 0) is 52.9 Å². The molecule has 4 rings (SSSR count). The highest BCUT2D eigenvalue weighted by atomic mass is 16.5. The highest BCUT2D eigenvalue weighted by molar-refractivity contribution is 5.86. The number of aliphatic carboxylic acids is 2. The van der Waals surface area contributed by atoms with E-state index < -0.39 is 18.5 Å². The van der Waals surface area contributed by atoms with Crippen LogP contribution < -0.4 is 4.74 Å². The summed E-state index contributed by atoms with van der Waals surface area (Å²) in [5.41, 5.74) is 5.02. The van der Waals surface area contributed by atoms with Crippen LogP contribution in [0.2, 0.25) is 0 Å². The zero-order valence-electron chi connectivity index (χ0n) is 19.7. The van der Waals surface area contributed by atoms with E-state index in [2.05, 4.69) is 10.1 Å². The third kappa shape index (κ3) is 5.42. The van der Waals surface area contributed by atoms with Gasteiger partial charge in [0.1, 0.15) is 5.75 Å². The maximum atomic E-state index is 11.7. The summed E-state index contributed by atoms with van der Waals surface area (Å²) in [7, 11) is 1.56. The van der Waals surface area contributed by atoms with Gasteiger partial charge in [-0.25, -0.2) is 4.79 Å². The molecule has 0 radical (unpaired) electrons. The maximum absolute atomic E-state index is 11.7. The van der Waals surface area contributed by atoms with Gasteiger partial charge in [-0.15, -0.1) is 0 Å². The Morgan fingerprint density at radius 3 is 2.42 bits per heavy atom. The van der Waals surface area contributed by atoms with E-state index in [1.165, 1.54) is 0 Å². The molecule has 9 nitrogen and oxygen atoms in total. The molecule has 4 aromatic rings. The second-order valence-electron chi connectivity index (χ2n) is 8.06. The van der Waals surface area contributed by atoms with Gasteiger partial charge in [0.05, 0.1) is 18.6 Å². The molecule has 0 bridgehead atoms. The molecule has 0 aliphatic heterocycles. The number of carboxylic acid groups (broad SMARTS) is 2. The Morgan fingerprint density at radius 2 is 1.72 bits per heavy atom. The van der Waals surface area contributed by atoms with Crippen LogP contribution in [0.25, 0.3) is 34.0 Å². The van der Waals surface area contributed by atoms with E-state index in [9.17, 15) is 14.7 Å². The van der Waals surface area contributed by atoms with Gasteiger partial charge < -0.3 is 24.2 Å². The van der Waals surface area contributed by atoms with Gasteiger partial charge in [0, 0.05) is 12.7 Å². The fraction of sp³-hybridized carbons (Fsp3) is 0.185. The summed E-state index contributed by atoms with van der Waals surface area (Å²) in [5.74, 6) is -1.17. The van der Waals surface area contributed by atoms with Crippen molar-refractivity contribution in [1.82, 2.24) is 10.1 Å². The predicted molar refractivity (Wildman–Crippen MR) is 131 cm³/mol. The van der Waals surface area contributed by atoms with Gasteiger partial charge >= 0.3 is 11.9 Å². The summed E-state index contributed by atoms with van der Waals surface area (Å²) in [6.45, 7) is 1.62. The average molecular weight is 488 g/mol. The fourth-order valence-electron chi connectivity index (χ4n) is 4.04. The average Bonchev–Trinajstić information content (AvgIpc) is 3.35. The molecule has 0 saturated heterocycles. The van der Waals surface area contributed by atoms with Crippen molar-refractivity contribution in [3.05, 3.63) is 77.4 Å². The number of benzene rings is 3. The van der Waals surface area contributed by atoms with Crippen molar-refractivity contribution in [2.24, 2.45) is 0 Å². The first kappa shape index (κ1) is 24.6. The van der Waals surface area contributed by atoms with E-state index in [1.54, 1.807) is 31.4 Å². The van der Waals surface area contributed by atoms with Crippen molar-refractivity contribution in [2.75, 3.05) is 13.7 Å². The second kappa shape index (κ2) is 10.8. The van der Waals surface area contributed by atoms with Crippen molar-refractivity contribution in [1.29, 1.82) is 0 Å². The number of aromatic nitrogens is 2. The van der Waals surface area contributed by atoms with Crippen LogP contribution in [0.15, 0.2) is 65.2 Å². The standard InChI is InChI=1S/C27H24N2O7/c1-16-21(13-23(30)31)19(14-34-2)12-22(17-7-4-3-5-8-17)25(16)27-28-26(29-36-27)18-9-6-10-20(11-18)35-15-24(32)33/h3-12H,13-15H2,1-2H3,(H,30,31)(H,32,33). The van der Waals surface area contributed by atoms with Crippen LogP contribution in [0.3, 0.4) is 0 Å². The largest absolute Gasteiger partial charge is 0.482 e. The molecule has 0 unspecified atom stereocenters. The quantitative estimate of drug-likeness (QED) is 0.328. The summed E-state index contributed by atoms with van der Waals surface area (Å²) in [6, 6.07) is 18.3. The second-order valence-corrected chi connectivity index (χ2v) is 8.06. The third-order valence-electron chi connectivity index (χ3n) is 5.61. The van der Waals surface area contributed by atoms with E-state index in [4.69, 9.17) is 19.1 Å². The lowest BCUT2D eigenvalue weighted by atomic mass is 9.87. The molecule has 9 heteroatoms. The highest BCUT2D eigenvalue weighted by Crippen LogP contribution is 2.39. The molecule has 0 spiro atoms. The molecular formula is C27H24N2O7. The zero-order chi connectivity index (χ0) is 25.7. The van der Waals surface area contributed by atoms with Crippen LogP contribution in [-0.2, 0) is 27.4 Å². The van der Waals surface area contributed by atoms with Gasteiger partial charge in [-0.2, -0.15) is 4.98 Å². The number of hydrogen-bond donors (Lipinski definition) is 2. The van der Waals surface area contributed by atoms with Crippen LogP contribution >= 0.6 is 0 Å². The van der Waals surface area contributed by atoms with E-state index in [-0.39, 0.29) is 24.7 Å². The SMILES string of the molecule is COCc1cc(-c2ccccc2)c(-c2nc(-c3cccc(OCC(=O)O)c3)no2)c(C)c1CC(=O)O. The van der Waals surface area contributed by atoms with Gasteiger partial charge in [-0.3, -0.25) is 4.79 Å². The van der Waals surface area contributed by atoms with E-state index >= 15 is 0 Å². The molecule has 1 heterocycles. The maximum Gasteiger partial charge on any atom is 0.341 e. The molecule has 0 atom stereocenters.